The van der Waals surface area contributed by atoms with Gasteiger partial charge < -0.3 is 10.6 Å². The van der Waals surface area contributed by atoms with E-state index in [1.807, 2.05) is 7.05 Å². The second kappa shape index (κ2) is 8.86. The van der Waals surface area contributed by atoms with E-state index in [0.717, 1.165) is 13.0 Å². The van der Waals surface area contributed by atoms with Gasteiger partial charge in [0.2, 0.25) is 5.91 Å². The molecule has 0 aliphatic carbocycles. The minimum atomic E-state index is -2.67. The SMILES string of the molecule is CNCCCNC(=O)Cc1c(C)nn(C(F)F)c1C.Cl. The van der Waals surface area contributed by atoms with Crippen molar-refractivity contribution in [2.24, 2.45) is 0 Å². The number of hydrogen-bond acceptors (Lipinski definition) is 3. The van der Waals surface area contributed by atoms with Crippen LogP contribution in [0.2, 0.25) is 0 Å². The van der Waals surface area contributed by atoms with Crippen LogP contribution >= 0.6 is 12.4 Å². The standard InChI is InChI=1S/C12H20F2N4O.ClH/c1-8-10(9(2)18(17-8)12(13)14)7-11(19)16-6-4-5-15-3;/h12,15H,4-7H2,1-3H3,(H,16,19);1H. The number of aromatic nitrogens is 2. The highest BCUT2D eigenvalue weighted by atomic mass is 35.5. The maximum atomic E-state index is 12.6. The summed E-state index contributed by atoms with van der Waals surface area (Å²) in [5, 5.41) is 9.48. The molecule has 1 aromatic heterocycles. The van der Waals surface area contributed by atoms with E-state index in [9.17, 15) is 13.6 Å². The summed E-state index contributed by atoms with van der Waals surface area (Å²) >= 11 is 0. The Morgan fingerprint density at radius 1 is 1.35 bits per heavy atom. The van der Waals surface area contributed by atoms with Crippen LogP contribution in [0.5, 0.6) is 0 Å². The summed E-state index contributed by atoms with van der Waals surface area (Å²) in [7, 11) is 1.84. The van der Waals surface area contributed by atoms with Crippen molar-refractivity contribution in [1.29, 1.82) is 0 Å². The molecule has 0 aliphatic heterocycles. The van der Waals surface area contributed by atoms with Crippen molar-refractivity contribution >= 4 is 18.3 Å². The molecule has 1 amide bonds. The van der Waals surface area contributed by atoms with E-state index < -0.39 is 6.55 Å². The third kappa shape index (κ3) is 5.05. The van der Waals surface area contributed by atoms with Gasteiger partial charge in [0.05, 0.1) is 12.1 Å². The molecule has 1 rings (SSSR count). The molecular weight excluding hydrogens is 290 g/mol. The summed E-state index contributed by atoms with van der Waals surface area (Å²) < 4.78 is 25.9. The van der Waals surface area contributed by atoms with Crippen LogP contribution in [-0.4, -0.2) is 35.8 Å². The van der Waals surface area contributed by atoms with Crippen LogP contribution in [0.4, 0.5) is 8.78 Å². The van der Waals surface area contributed by atoms with E-state index in [-0.39, 0.29) is 24.7 Å². The van der Waals surface area contributed by atoms with Crippen molar-refractivity contribution in [1.82, 2.24) is 20.4 Å². The average molecular weight is 311 g/mol. The van der Waals surface area contributed by atoms with Crippen LogP contribution in [0, 0.1) is 13.8 Å². The number of halogens is 3. The molecule has 0 saturated carbocycles. The molecule has 20 heavy (non-hydrogen) atoms. The van der Waals surface area contributed by atoms with Gasteiger partial charge in [0, 0.05) is 17.8 Å². The third-order valence-electron chi connectivity index (χ3n) is 2.92. The molecule has 0 saturated heterocycles. The summed E-state index contributed by atoms with van der Waals surface area (Å²) in [6, 6.07) is 0. The Kier molecular flexibility index (Phi) is 8.33. The predicted molar refractivity (Wildman–Crippen MR) is 75.5 cm³/mol. The Hall–Kier alpha value is -1.21. The molecule has 0 bridgehead atoms. The molecule has 0 radical (unpaired) electrons. The highest BCUT2D eigenvalue weighted by molar-refractivity contribution is 5.85. The number of aryl methyl sites for hydroxylation is 1. The predicted octanol–water partition coefficient (Wildman–Crippen LogP) is 1.59. The van der Waals surface area contributed by atoms with Crippen molar-refractivity contribution in [2.75, 3.05) is 20.1 Å². The van der Waals surface area contributed by atoms with E-state index in [1.165, 1.54) is 0 Å². The Morgan fingerprint density at radius 3 is 2.50 bits per heavy atom. The quantitative estimate of drug-likeness (QED) is 0.752. The van der Waals surface area contributed by atoms with Gasteiger partial charge in [0.25, 0.3) is 0 Å². The fraction of sp³-hybridized carbons (Fsp3) is 0.667. The largest absolute Gasteiger partial charge is 0.356 e. The monoisotopic (exact) mass is 310 g/mol. The van der Waals surface area contributed by atoms with Gasteiger partial charge in [-0.2, -0.15) is 13.9 Å². The first kappa shape index (κ1) is 18.8. The Balaban J connectivity index is 0.00000361. The summed E-state index contributed by atoms with van der Waals surface area (Å²) in [5.74, 6) is -0.170. The Labute approximate surface area is 123 Å². The number of alkyl halides is 2. The lowest BCUT2D eigenvalue weighted by atomic mass is 10.1. The topological polar surface area (TPSA) is 58.9 Å². The van der Waals surface area contributed by atoms with Crippen LogP contribution in [0.25, 0.3) is 0 Å². The van der Waals surface area contributed by atoms with Gasteiger partial charge in [-0.15, -0.1) is 12.4 Å². The van der Waals surface area contributed by atoms with E-state index in [0.29, 0.717) is 28.2 Å². The van der Waals surface area contributed by atoms with Crippen molar-refractivity contribution in [3.05, 3.63) is 17.0 Å². The molecule has 0 unspecified atom stereocenters. The van der Waals surface area contributed by atoms with E-state index in [1.54, 1.807) is 13.8 Å². The number of amides is 1. The van der Waals surface area contributed by atoms with E-state index >= 15 is 0 Å². The van der Waals surface area contributed by atoms with Gasteiger partial charge in [0.1, 0.15) is 0 Å². The fourth-order valence-corrected chi connectivity index (χ4v) is 1.86. The minimum absolute atomic E-state index is 0. The first-order valence-electron chi connectivity index (χ1n) is 6.21. The van der Waals surface area contributed by atoms with Gasteiger partial charge in [-0.25, -0.2) is 4.68 Å². The molecule has 0 aromatic carbocycles. The molecule has 1 heterocycles. The maximum absolute atomic E-state index is 12.6. The molecule has 116 valence electrons. The zero-order valence-corrected chi connectivity index (χ0v) is 12.7. The second-order valence-corrected chi connectivity index (χ2v) is 4.36. The molecule has 0 atom stereocenters. The first-order valence-corrected chi connectivity index (χ1v) is 6.21. The molecule has 1 aromatic rings. The lowest BCUT2D eigenvalue weighted by Gasteiger charge is -2.06. The first-order chi connectivity index (χ1) is 8.97. The van der Waals surface area contributed by atoms with Crippen molar-refractivity contribution in [3.8, 4) is 0 Å². The van der Waals surface area contributed by atoms with Gasteiger partial charge >= 0.3 is 6.55 Å². The minimum Gasteiger partial charge on any atom is -0.356 e. The number of nitrogens with zero attached hydrogens (tertiary/aromatic N) is 2. The molecule has 0 aliphatic rings. The van der Waals surface area contributed by atoms with Gasteiger partial charge in [-0.3, -0.25) is 4.79 Å². The molecule has 0 spiro atoms. The summed E-state index contributed by atoms with van der Waals surface area (Å²) in [6.07, 6.45) is 0.917. The highest BCUT2D eigenvalue weighted by Gasteiger charge is 2.18. The van der Waals surface area contributed by atoms with E-state index in [4.69, 9.17) is 0 Å². The number of rotatable bonds is 7. The average Bonchev–Trinajstić information content (AvgIpc) is 2.63. The molecule has 0 fully saturated rings. The molecule has 5 nitrogen and oxygen atoms in total. The summed E-state index contributed by atoms with van der Waals surface area (Å²) in [5.41, 5.74) is 1.40. The Bertz CT molecular complexity index is 437. The summed E-state index contributed by atoms with van der Waals surface area (Å²) in [6.45, 7) is 1.90. The highest BCUT2D eigenvalue weighted by Crippen LogP contribution is 2.19. The van der Waals surface area contributed by atoms with Crippen LogP contribution in [0.3, 0.4) is 0 Å². The molecular formula is C12H21ClF2N4O. The van der Waals surface area contributed by atoms with Crippen molar-refractivity contribution in [2.45, 2.75) is 33.2 Å². The second-order valence-electron chi connectivity index (χ2n) is 4.36. The third-order valence-corrected chi connectivity index (χ3v) is 2.92. The van der Waals surface area contributed by atoms with Crippen molar-refractivity contribution < 1.29 is 13.6 Å². The van der Waals surface area contributed by atoms with E-state index in [2.05, 4.69) is 15.7 Å². The number of hydrogen-bond donors (Lipinski definition) is 2. The van der Waals surface area contributed by atoms with Crippen LogP contribution in [0.1, 0.15) is 29.9 Å². The zero-order valence-electron chi connectivity index (χ0n) is 11.9. The number of carbonyl (C=O) groups is 1. The molecule has 8 heteroatoms. The fourth-order valence-electron chi connectivity index (χ4n) is 1.86. The van der Waals surface area contributed by atoms with Crippen LogP contribution < -0.4 is 10.6 Å². The smallest absolute Gasteiger partial charge is 0.333 e. The zero-order chi connectivity index (χ0) is 14.4. The lowest BCUT2D eigenvalue weighted by molar-refractivity contribution is -0.120. The van der Waals surface area contributed by atoms with Crippen LogP contribution in [0.15, 0.2) is 0 Å². The Morgan fingerprint density at radius 2 is 2.00 bits per heavy atom. The normalized spacial score (nSPS) is 10.5. The number of carbonyl (C=O) groups excluding carboxylic acids is 1. The number of nitrogens with one attached hydrogen (secondary N) is 2. The van der Waals surface area contributed by atoms with Gasteiger partial charge in [0.15, 0.2) is 0 Å². The van der Waals surface area contributed by atoms with Gasteiger partial charge in [-0.1, -0.05) is 0 Å². The molecule has 2 N–H and O–H groups in total. The van der Waals surface area contributed by atoms with Crippen molar-refractivity contribution in [3.63, 3.8) is 0 Å². The summed E-state index contributed by atoms with van der Waals surface area (Å²) in [4.78, 5) is 11.7. The van der Waals surface area contributed by atoms with Crippen LogP contribution in [-0.2, 0) is 11.2 Å². The lowest BCUT2D eigenvalue weighted by Crippen LogP contribution is -2.28. The maximum Gasteiger partial charge on any atom is 0.333 e. The van der Waals surface area contributed by atoms with Gasteiger partial charge in [-0.05, 0) is 33.9 Å².